The Labute approximate surface area is 123 Å². The van der Waals surface area contributed by atoms with E-state index in [-0.39, 0.29) is 0 Å². The van der Waals surface area contributed by atoms with Gasteiger partial charge in [-0.05, 0) is 37.6 Å². The van der Waals surface area contributed by atoms with E-state index < -0.39 is 5.97 Å². The van der Waals surface area contributed by atoms with E-state index in [9.17, 15) is 4.79 Å². The van der Waals surface area contributed by atoms with E-state index in [1.807, 2.05) is 36.9 Å². The Morgan fingerprint density at radius 2 is 2.05 bits per heavy atom. The molecule has 0 spiro atoms. The zero-order valence-corrected chi connectivity index (χ0v) is 12.0. The molecule has 5 heteroatoms. The predicted molar refractivity (Wildman–Crippen MR) is 82.6 cm³/mol. The number of hydrogen-bond donors (Lipinski definition) is 1. The predicted octanol–water partition coefficient (Wildman–Crippen LogP) is 3.04. The summed E-state index contributed by atoms with van der Waals surface area (Å²) in [6.45, 7) is 4.82. The van der Waals surface area contributed by atoms with Gasteiger partial charge in [-0.3, -0.25) is 0 Å². The molecular formula is C16H17N3O2. The van der Waals surface area contributed by atoms with Crippen molar-refractivity contribution in [2.75, 3.05) is 11.4 Å². The van der Waals surface area contributed by atoms with Gasteiger partial charge < -0.3 is 10.0 Å². The summed E-state index contributed by atoms with van der Waals surface area (Å²) in [6, 6.07) is 8.12. The van der Waals surface area contributed by atoms with Crippen LogP contribution in [0.25, 0.3) is 6.08 Å². The Bertz CT molecular complexity index is 651. The van der Waals surface area contributed by atoms with Gasteiger partial charge in [0.2, 0.25) is 5.95 Å². The number of benzene rings is 1. The summed E-state index contributed by atoms with van der Waals surface area (Å²) in [5, 5.41) is 8.59. The smallest absolute Gasteiger partial charge is 0.328 e. The highest BCUT2D eigenvalue weighted by atomic mass is 16.4. The second kappa shape index (κ2) is 6.65. The maximum Gasteiger partial charge on any atom is 0.328 e. The highest BCUT2D eigenvalue weighted by molar-refractivity contribution is 5.85. The first-order valence-electron chi connectivity index (χ1n) is 6.67. The number of aromatic nitrogens is 2. The lowest BCUT2D eigenvalue weighted by atomic mass is 10.2. The molecule has 0 saturated heterocycles. The Morgan fingerprint density at radius 1 is 1.33 bits per heavy atom. The highest BCUT2D eigenvalue weighted by Gasteiger charge is 2.09. The van der Waals surface area contributed by atoms with Crippen LogP contribution in [0.1, 0.15) is 18.1 Å². The maximum atomic E-state index is 10.5. The summed E-state index contributed by atoms with van der Waals surface area (Å²) in [7, 11) is 0. The third-order valence-electron chi connectivity index (χ3n) is 2.95. The number of rotatable bonds is 5. The zero-order chi connectivity index (χ0) is 15.2. The lowest BCUT2D eigenvalue weighted by molar-refractivity contribution is -0.131. The maximum absolute atomic E-state index is 10.5. The van der Waals surface area contributed by atoms with Crippen LogP contribution < -0.4 is 4.90 Å². The number of nitrogens with zero attached hydrogens (tertiary/aromatic N) is 3. The van der Waals surface area contributed by atoms with Crippen LogP contribution in [0, 0.1) is 6.92 Å². The Kier molecular flexibility index (Phi) is 4.66. The van der Waals surface area contributed by atoms with E-state index in [4.69, 9.17) is 5.11 Å². The highest BCUT2D eigenvalue weighted by Crippen LogP contribution is 2.22. The monoisotopic (exact) mass is 283 g/mol. The molecule has 0 aliphatic heterocycles. The van der Waals surface area contributed by atoms with Gasteiger partial charge in [-0.2, -0.15) is 0 Å². The minimum Gasteiger partial charge on any atom is -0.478 e. The first-order chi connectivity index (χ1) is 10.1. The standard InChI is InChI=1S/C16H17N3O2/c1-3-19(14-6-4-5-12(2)9-14)16-17-10-13(11-18-16)7-8-15(20)21/h4-11H,3H2,1-2H3,(H,20,21)/b8-7+. The second-order valence-electron chi connectivity index (χ2n) is 4.57. The van der Waals surface area contributed by atoms with Gasteiger partial charge in [0.05, 0.1) is 0 Å². The SMILES string of the molecule is CCN(c1cccc(C)c1)c1ncc(/C=C/C(=O)O)cn1. The molecule has 5 nitrogen and oxygen atoms in total. The summed E-state index contributed by atoms with van der Waals surface area (Å²) in [5.41, 5.74) is 2.86. The van der Waals surface area contributed by atoms with Crippen molar-refractivity contribution in [3.63, 3.8) is 0 Å². The van der Waals surface area contributed by atoms with E-state index in [1.54, 1.807) is 12.4 Å². The lowest BCUT2D eigenvalue weighted by Crippen LogP contribution is -2.18. The summed E-state index contributed by atoms with van der Waals surface area (Å²) in [4.78, 5) is 21.1. The largest absolute Gasteiger partial charge is 0.478 e. The van der Waals surface area contributed by atoms with Gasteiger partial charge in [-0.1, -0.05) is 12.1 Å². The fraction of sp³-hybridized carbons (Fsp3) is 0.188. The number of aliphatic carboxylic acids is 1. The third-order valence-corrected chi connectivity index (χ3v) is 2.95. The van der Waals surface area contributed by atoms with Crippen molar-refractivity contribution in [3.05, 3.63) is 53.9 Å². The normalized spacial score (nSPS) is 10.8. The molecule has 21 heavy (non-hydrogen) atoms. The Balaban J connectivity index is 2.25. The number of carboxylic acid groups (broad SMARTS) is 1. The molecule has 0 atom stereocenters. The van der Waals surface area contributed by atoms with Crippen molar-refractivity contribution in [1.29, 1.82) is 0 Å². The third kappa shape index (κ3) is 3.89. The van der Waals surface area contributed by atoms with E-state index in [2.05, 4.69) is 16.0 Å². The van der Waals surface area contributed by atoms with Gasteiger partial charge in [0.15, 0.2) is 0 Å². The first-order valence-corrected chi connectivity index (χ1v) is 6.67. The van der Waals surface area contributed by atoms with Crippen LogP contribution in [0.2, 0.25) is 0 Å². The van der Waals surface area contributed by atoms with Gasteiger partial charge in [0.1, 0.15) is 0 Å². The summed E-state index contributed by atoms with van der Waals surface area (Å²) in [5.74, 6) is -0.399. The molecule has 1 aromatic heterocycles. The van der Waals surface area contributed by atoms with Crippen LogP contribution in [-0.2, 0) is 4.79 Å². The molecule has 0 amide bonds. The quantitative estimate of drug-likeness (QED) is 0.854. The molecule has 0 saturated carbocycles. The molecule has 2 aromatic rings. The fourth-order valence-corrected chi connectivity index (χ4v) is 1.96. The Hall–Kier alpha value is -2.69. The second-order valence-corrected chi connectivity index (χ2v) is 4.57. The molecule has 0 aliphatic rings. The van der Waals surface area contributed by atoms with Crippen molar-refractivity contribution in [1.82, 2.24) is 9.97 Å². The summed E-state index contributed by atoms with van der Waals surface area (Å²) >= 11 is 0. The van der Waals surface area contributed by atoms with Crippen molar-refractivity contribution >= 4 is 23.7 Å². The van der Waals surface area contributed by atoms with E-state index in [0.29, 0.717) is 11.5 Å². The molecule has 1 aromatic carbocycles. The summed E-state index contributed by atoms with van der Waals surface area (Å²) in [6.07, 6.45) is 5.76. The van der Waals surface area contributed by atoms with Gasteiger partial charge in [-0.15, -0.1) is 0 Å². The molecule has 0 unspecified atom stereocenters. The van der Waals surface area contributed by atoms with Crippen molar-refractivity contribution in [3.8, 4) is 0 Å². The van der Waals surface area contributed by atoms with Crippen LogP contribution in [0.15, 0.2) is 42.7 Å². The molecule has 0 bridgehead atoms. The Morgan fingerprint density at radius 3 is 2.62 bits per heavy atom. The molecule has 1 N–H and O–H groups in total. The minimum atomic E-state index is -0.992. The molecule has 0 fully saturated rings. The average Bonchev–Trinajstić information content (AvgIpc) is 2.47. The first kappa shape index (κ1) is 14.7. The number of aryl methyl sites for hydroxylation is 1. The number of carbonyl (C=O) groups is 1. The summed E-state index contributed by atoms with van der Waals surface area (Å²) < 4.78 is 0. The molecule has 0 radical (unpaired) electrons. The van der Waals surface area contributed by atoms with Gasteiger partial charge >= 0.3 is 5.97 Å². The fourth-order valence-electron chi connectivity index (χ4n) is 1.96. The van der Waals surface area contributed by atoms with Crippen LogP contribution in [-0.4, -0.2) is 27.6 Å². The average molecular weight is 283 g/mol. The van der Waals surface area contributed by atoms with Gasteiger partial charge in [-0.25, -0.2) is 14.8 Å². The van der Waals surface area contributed by atoms with Crippen LogP contribution in [0.5, 0.6) is 0 Å². The number of anilines is 2. The molecule has 2 rings (SSSR count). The minimum absolute atomic E-state index is 0.593. The van der Waals surface area contributed by atoms with Crippen LogP contribution in [0.4, 0.5) is 11.6 Å². The van der Waals surface area contributed by atoms with E-state index >= 15 is 0 Å². The van der Waals surface area contributed by atoms with Crippen molar-refractivity contribution < 1.29 is 9.90 Å². The van der Waals surface area contributed by atoms with Gasteiger partial charge in [0.25, 0.3) is 0 Å². The van der Waals surface area contributed by atoms with E-state index in [0.717, 1.165) is 18.3 Å². The molecule has 1 heterocycles. The lowest BCUT2D eigenvalue weighted by Gasteiger charge is -2.21. The van der Waals surface area contributed by atoms with Crippen LogP contribution >= 0.6 is 0 Å². The zero-order valence-electron chi connectivity index (χ0n) is 12.0. The van der Waals surface area contributed by atoms with Crippen molar-refractivity contribution in [2.45, 2.75) is 13.8 Å². The van der Waals surface area contributed by atoms with Gasteiger partial charge in [0, 0.05) is 36.3 Å². The van der Waals surface area contributed by atoms with Crippen LogP contribution in [0.3, 0.4) is 0 Å². The number of hydrogen-bond acceptors (Lipinski definition) is 4. The molecular weight excluding hydrogens is 266 g/mol. The molecule has 0 aliphatic carbocycles. The number of carboxylic acids is 1. The topological polar surface area (TPSA) is 66.3 Å². The van der Waals surface area contributed by atoms with Crippen molar-refractivity contribution in [2.24, 2.45) is 0 Å². The molecule has 108 valence electrons. The van der Waals surface area contributed by atoms with E-state index in [1.165, 1.54) is 11.6 Å².